The summed E-state index contributed by atoms with van der Waals surface area (Å²) in [6.07, 6.45) is 5.52. The van der Waals surface area contributed by atoms with Gasteiger partial charge in [0.05, 0.1) is 0 Å². The maximum absolute atomic E-state index is 12.3. The molecule has 0 saturated heterocycles. The quantitative estimate of drug-likeness (QED) is 0.779. The van der Waals surface area contributed by atoms with E-state index in [-0.39, 0.29) is 12.1 Å². The van der Waals surface area contributed by atoms with E-state index in [1.807, 2.05) is 13.8 Å². The molecule has 0 radical (unpaired) electrons. The number of urea groups is 1. The molecule has 0 aromatic heterocycles. The fraction of sp³-hybridized carbons (Fsp3) is 0.857. The molecule has 1 aliphatic carbocycles. The van der Waals surface area contributed by atoms with Crippen molar-refractivity contribution in [2.24, 2.45) is 0 Å². The fourth-order valence-electron chi connectivity index (χ4n) is 2.81. The van der Waals surface area contributed by atoms with Crippen LogP contribution in [-0.4, -0.2) is 40.1 Å². The molecule has 1 fully saturated rings. The Morgan fingerprint density at radius 2 is 1.89 bits per heavy atom. The molecule has 1 aliphatic rings. The number of rotatable bonds is 6. The van der Waals surface area contributed by atoms with Crippen LogP contribution in [0.5, 0.6) is 0 Å². The summed E-state index contributed by atoms with van der Waals surface area (Å²) >= 11 is 0. The second kappa shape index (κ2) is 6.78. The van der Waals surface area contributed by atoms with Crippen LogP contribution in [0, 0.1) is 0 Å². The number of carbonyl (C=O) groups is 2. The number of nitrogens with one attached hydrogen (secondary N) is 1. The molecular weight excluding hydrogens is 244 g/mol. The average molecular weight is 270 g/mol. The molecule has 1 saturated carbocycles. The van der Waals surface area contributed by atoms with Crippen molar-refractivity contribution in [3.63, 3.8) is 0 Å². The molecule has 0 aromatic rings. The zero-order valence-corrected chi connectivity index (χ0v) is 12.2. The van der Waals surface area contributed by atoms with Crippen LogP contribution >= 0.6 is 0 Å². The van der Waals surface area contributed by atoms with E-state index in [4.69, 9.17) is 0 Å². The molecule has 0 heterocycles. The third-order valence-corrected chi connectivity index (χ3v) is 3.97. The Kier molecular flexibility index (Phi) is 5.63. The van der Waals surface area contributed by atoms with Crippen molar-refractivity contribution in [1.29, 1.82) is 0 Å². The SMILES string of the molecule is CCCC(C)(NC(=O)N(CC)C1CCCC1)C(=O)O. The normalized spacial score (nSPS) is 18.9. The van der Waals surface area contributed by atoms with Crippen LogP contribution in [0.3, 0.4) is 0 Å². The maximum atomic E-state index is 12.3. The van der Waals surface area contributed by atoms with Gasteiger partial charge >= 0.3 is 12.0 Å². The first kappa shape index (κ1) is 15.8. The van der Waals surface area contributed by atoms with Gasteiger partial charge in [0, 0.05) is 12.6 Å². The van der Waals surface area contributed by atoms with E-state index in [0.29, 0.717) is 13.0 Å². The first-order valence-electron chi connectivity index (χ1n) is 7.26. The van der Waals surface area contributed by atoms with Crippen LogP contribution in [0.4, 0.5) is 4.79 Å². The van der Waals surface area contributed by atoms with Crippen LogP contribution in [0.15, 0.2) is 0 Å². The minimum atomic E-state index is -1.17. The van der Waals surface area contributed by atoms with Crippen molar-refractivity contribution < 1.29 is 14.7 Å². The van der Waals surface area contributed by atoms with Gasteiger partial charge in [0.2, 0.25) is 0 Å². The summed E-state index contributed by atoms with van der Waals surface area (Å²) in [4.78, 5) is 25.4. The molecule has 2 amide bonds. The van der Waals surface area contributed by atoms with Crippen molar-refractivity contribution in [2.45, 2.75) is 70.9 Å². The Morgan fingerprint density at radius 3 is 2.32 bits per heavy atom. The summed E-state index contributed by atoms with van der Waals surface area (Å²) in [6, 6.07) is 0.0254. The number of carbonyl (C=O) groups excluding carboxylic acids is 1. The summed E-state index contributed by atoms with van der Waals surface area (Å²) in [7, 11) is 0. The van der Waals surface area contributed by atoms with Crippen LogP contribution in [0.2, 0.25) is 0 Å². The van der Waals surface area contributed by atoms with Gasteiger partial charge in [0.1, 0.15) is 5.54 Å². The molecule has 0 spiro atoms. The highest BCUT2D eigenvalue weighted by Crippen LogP contribution is 2.24. The van der Waals surface area contributed by atoms with Crippen LogP contribution in [-0.2, 0) is 4.79 Å². The predicted molar refractivity (Wildman–Crippen MR) is 74.1 cm³/mol. The average Bonchev–Trinajstić information content (AvgIpc) is 2.83. The smallest absolute Gasteiger partial charge is 0.329 e. The second-order valence-electron chi connectivity index (χ2n) is 5.54. The van der Waals surface area contributed by atoms with E-state index < -0.39 is 11.5 Å². The Balaban J connectivity index is 2.71. The van der Waals surface area contributed by atoms with Crippen LogP contribution in [0.25, 0.3) is 0 Å². The lowest BCUT2D eigenvalue weighted by Crippen LogP contribution is -2.57. The highest BCUT2D eigenvalue weighted by molar-refractivity contribution is 5.86. The zero-order chi connectivity index (χ0) is 14.5. The molecule has 1 unspecified atom stereocenters. The van der Waals surface area contributed by atoms with Crippen molar-refractivity contribution >= 4 is 12.0 Å². The standard InChI is InChI=1S/C14H26N2O3/c1-4-10-14(3,12(17)18)15-13(19)16(5-2)11-8-6-7-9-11/h11H,4-10H2,1-3H3,(H,15,19)(H,17,18). The van der Waals surface area contributed by atoms with Gasteiger partial charge in [0.25, 0.3) is 0 Å². The fourth-order valence-corrected chi connectivity index (χ4v) is 2.81. The second-order valence-corrected chi connectivity index (χ2v) is 5.54. The summed E-state index contributed by atoms with van der Waals surface area (Å²) in [6.45, 7) is 6.06. The van der Waals surface area contributed by atoms with E-state index in [1.165, 1.54) is 0 Å². The lowest BCUT2D eigenvalue weighted by molar-refractivity contribution is -0.144. The lowest BCUT2D eigenvalue weighted by Gasteiger charge is -2.33. The van der Waals surface area contributed by atoms with Gasteiger partial charge in [-0.3, -0.25) is 0 Å². The number of carboxylic acid groups (broad SMARTS) is 1. The minimum Gasteiger partial charge on any atom is -0.480 e. The first-order chi connectivity index (χ1) is 8.94. The highest BCUT2D eigenvalue weighted by atomic mass is 16.4. The molecule has 0 aromatic carbocycles. The maximum Gasteiger partial charge on any atom is 0.329 e. The molecular formula is C14H26N2O3. The topological polar surface area (TPSA) is 69.6 Å². The van der Waals surface area contributed by atoms with Crippen molar-refractivity contribution in [3.05, 3.63) is 0 Å². The molecule has 0 aliphatic heterocycles. The van der Waals surface area contributed by atoms with Crippen LogP contribution < -0.4 is 5.32 Å². The first-order valence-corrected chi connectivity index (χ1v) is 7.26. The molecule has 1 atom stereocenters. The van der Waals surface area contributed by atoms with Gasteiger partial charge in [-0.15, -0.1) is 0 Å². The number of carboxylic acids is 1. The Labute approximate surface area is 115 Å². The Hall–Kier alpha value is -1.26. The van der Waals surface area contributed by atoms with Gasteiger partial charge in [-0.1, -0.05) is 26.2 Å². The Morgan fingerprint density at radius 1 is 1.32 bits per heavy atom. The third-order valence-electron chi connectivity index (χ3n) is 3.97. The highest BCUT2D eigenvalue weighted by Gasteiger charge is 2.36. The summed E-state index contributed by atoms with van der Waals surface area (Å²) in [5.41, 5.74) is -1.17. The van der Waals surface area contributed by atoms with E-state index in [9.17, 15) is 14.7 Å². The van der Waals surface area contributed by atoms with Crippen molar-refractivity contribution in [2.75, 3.05) is 6.54 Å². The summed E-state index contributed by atoms with van der Waals surface area (Å²) in [5.74, 6) is -0.967. The van der Waals surface area contributed by atoms with Gasteiger partial charge in [-0.2, -0.15) is 0 Å². The third kappa shape index (κ3) is 3.85. The molecule has 19 heavy (non-hydrogen) atoms. The predicted octanol–water partition coefficient (Wildman–Crippen LogP) is 2.60. The van der Waals surface area contributed by atoms with Crippen molar-refractivity contribution in [1.82, 2.24) is 10.2 Å². The Bertz CT molecular complexity index is 327. The largest absolute Gasteiger partial charge is 0.480 e. The number of aliphatic carboxylic acids is 1. The summed E-state index contributed by atoms with van der Waals surface area (Å²) < 4.78 is 0. The number of nitrogens with zero attached hydrogens (tertiary/aromatic N) is 1. The summed E-state index contributed by atoms with van der Waals surface area (Å²) in [5, 5.41) is 12.0. The van der Waals surface area contributed by atoms with Gasteiger partial charge in [-0.05, 0) is 33.1 Å². The van der Waals surface area contributed by atoms with E-state index in [1.54, 1.807) is 11.8 Å². The molecule has 5 heteroatoms. The van der Waals surface area contributed by atoms with Gasteiger partial charge in [0.15, 0.2) is 0 Å². The number of hydrogen-bond donors (Lipinski definition) is 2. The minimum absolute atomic E-state index is 0.243. The van der Waals surface area contributed by atoms with Crippen LogP contribution in [0.1, 0.15) is 59.3 Å². The van der Waals surface area contributed by atoms with Gasteiger partial charge in [-0.25, -0.2) is 9.59 Å². The molecule has 1 rings (SSSR count). The number of hydrogen-bond acceptors (Lipinski definition) is 2. The number of amides is 2. The van der Waals surface area contributed by atoms with Gasteiger partial charge < -0.3 is 15.3 Å². The van der Waals surface area contributed by atoms with Crippen molar-refractivity contribution in [3.8, 4) is 0 Å². The lowest BCUT2D eigenvalue weighted by atomic mass is 9.96. The monoisotopic (exact) mass is 270 g/mol. The van der Waals surface area contributed by atoms with E-state index in [0.717, 1.165) is 32.1 Å². The molecule has 0 bridgehead atoms. The molecule has 5 nitrogen and oxygen atoms in total. The molecule has 2 N–H and O–H groups in total. The van der Waals surface area contributed by atoms with E-state index in [2.05, 4.69) is 5.32 Å². The zero-order valence-electron chi connectivity index (χ0n) is 12.2. The molecule has 110 valence electrons. The van der Waals surface area contributed by atoms with E-state index >= 15 is 0 Å².